The fourth-order valence-electron chi connectivity index (χ4n) is 3.88. The molecule has 0 amide bonds. The second kappa shape index (κ2) is 7.55. The van der Waals surface area contributed by atoms with Gasteiger partial charge in [0.1, 0.15) is 6.54 Å². The first-order chi connectivity index (χ1) is 11.7. The molecule has 6 heteroatoms. The van der Waals surface area contributed by atoms with Crippen LogP contribution in [0, 0.1) is 5.41 Å². The Morgan fingerprint density at radius 1 is 1.42 bits per heavy atom. The van der Waals surface area contributed by atoms with E-state index in [2.05, 4.69) is 41.6 Å². The number of hydrogen-bond acceptors (Lipinski definition) is 4. The number of aliphatic imine (C=N–C) groups is 1. The maximum absolute atomic E-state index is 5.93. The highest BCUT2D eigenvalue weighted by Gasteiger charge is 2.59. The minimum absolute atomic E-state index is 0.327. The van der Waals surface area contributed by atoms with Gasteiger partial charge in [0.2, 0.25) is 0 Å². The van der Waals surface area contributed by atoms with Gasteiger partial charge < -0.3 is 19.9 Å². The number of nitrogens with zero attached hydrogens (tertiary/aromatic N) is 2. The number of rotatable bonds is 7. The molecule has 1 aromatic rings. The molecule has 1 aromatic heterocycles. The van der Waals surface area contributed by atoms with Crippen LogP contribution < -0.4 is 10.6 Å². The quantitative estimate of drug-likeness (QED) is 0.592. The molecule has 6 nitrogen and oxygen atoms in total. The fourth-order valence-corrected chi connectivity index (χ4v) is 3.88. The Bertz CT molecular complexity index is 565. The molecule has 1 spiro atoms. The number of aryl methyl sites for hydroxylation is 1. The monoisotopic (exact) mass is 334 g/mol. The van der Waals surface area contributed by atoms with Crippen LogP contribution in [0.1, 0.15) is 57.9 Å². The first kappa shape index (κ1) is 17.3. The maximum atomic E-state index is 5.93. The topological polar surface area (TPSA) is 71.7 Å². The molecule has 3 rings (SSSR count). The third kappa shape index (κ3) is 3.29. The first-order valence-corrected chi connectivity index (χ1v) is 9.32. The predicted molar refractivity (Wildman–Crippen MR) is 93.9 cm³/mol. The van der Waals surface area contributed by atoms with E-state index >= 15 is 0 Å². The molecule has 24 heavy (non-hydrogen) atoms. The summed E-state index contributed by atoms with van der Waals surface area (Å²) < 4.78 is 11.2. The lowest BCUT2D eigenvalue weighted by atomic mass is 9.51. The second-order valence-electron chi connectivity index (χ2n) is 6.80. The van der Waals surface area contributed by atoms with Crippen molar-refractivity contribution in [3.63, 3.8) is 0 Å². The van der Waals surface area contributed by atoms with E-state index in [1.54, 1.807) is 0 Å². The smallest absolute Gasteiger partial charge is 0.191 e. The van der Waals surface area contributed by atoms with Crippen molar-refractivity contribution in [2.24, 2.45) is 10.4 Å². The van der Waals surface area contributed by atoms with Crippen molar-refractivity contribution >= 4 is 5.96 Å². The number of hydrogen-bond donors (Lipinski definition) is 2. The van der Waals surface area contributed by atoms with Crippen LogP contribution in [-0.4, -0.2) is 36.4 Å². The van der Waals surface area contributed by atoms with Gasteiger partial charge in [-0.1, -0.05) is 18.5 Å². The van der Waals surface area contributed by atoms with Gasteiger partial charge >= 0.3 is 0 Å². The molecule has 0 aromatic carbocycles. The lowest BCUT2D eigenvalue weighted by Crippen LogP contribution is -2.68. The van der Waals surface area contributed by atoms with E-state index in [0.29, 0.717) is 24.1 Å². The Morgan fingerprint density at radius 2 is 2.25 bits per heavy atom. The molecule has 2 aliphatic rings. The van der Waals surface area contributed by atoms with E-state index in [9.17, 15) is 0 Å². The van der Waals surface area contributed by atoms with E-state index in [-0.39, 0.29) is 0 Å². The van der Waals surface area contributed by atoms with Crippen LogP contribution in [0.25, 0.3) is 0 Å². The van der Waals surface area contributed by atoms with Gasteiger partial charge in [-0.2, -0.15) is 0 Å². The number of nitrogens with one attached hydrogen (secondary N) is 2. The molecule has 0 radical (unpaired) electrons. The predicted octanol–water partition coefficient (Wildman–Crippen LogP) is 2.64. The highest BCUT2D eigenvalue weighted by Crippen LogP contribution is 2.57. The summed E-state index contributed by atoms with van der Waals surface area (Å²) >= 11 is 0. The van der Waals surface area contributed by atoms with Crippen LogP contribution in [0.5, 0.6) is 0 Å². The molecule has 2 atom stereocenters. The Kier molecular flexibility index (Phi) is 5.43. The van der Waals surface area contributed by atoms with Gasteiger partial charge in [0, 0.05) is 30.7 Å². The van der Waals surface area contributed by atoms with E-state index in [4.69, 9.17) is 9.26 Å². The van der Waals surface area contributed by atoms with Crippen molar-refractivity contribution in [1.29, 1.82) is 0 Å². The fraction of sp³-hybridized carbons (Fsp3) is 0.778. The molecule has 2 fully saturated rings. The summed E-state index contributed by atoms with van der Waals surface area (Å²) in [4.78, 5) is 4.67. The summed E-state index contributed by atoms with van der Waals surface area (Å²) in [6.07, 6.45) is 6.20. The summed E-state index contributed by atoms with van der Waals surface area (Å²) in [5.41, 5.74) is 1.30. The molecule has 1 heterocycles. The molecular weight excluding hydrogens is 304 g/mol. The number of guanidine groups is 1. The summed E-state index contributed by atoms with van der Waals surface area (Å²) in [6.45, 7) is 8.40. The average Bonchev–Trinajstić information content (AvgIpc) is 2.98. The Balaban J connectivity index is 1.60. The van der Waals surface area contributed by atoms with Crippen molar-refractivity contribution in [1.82, 2.24) is 15.8 Å². The Labute approximate surface area is 144 Å². The minimum Gasteiger partial charge on any atom is -0.378 e. The van der Waals surface area contributed by atoms with Gasteiger partial charge in [-0.3, -0.25) is 0 Å². The molecule has 0 aliphatic heterocycles. The van der Waals surface area contributed by atoms with Gasteiger partial charge in [-0.15, -0.1) is 0 Å². The Hall–Kier alpha value is -1.56. The third-order valence-corrected chi connectivity index (χ3v) is 5.46. The van der Waals surface area contributed by atoms with Crippen LogP contribution in [0.2, 0.25) is 0 Å². The molecule has 134 valence electrons. The van der Waals surface area contributed by atoms with Gasteiger partial charge in [0.15, 0.2) is 11.7 Å². The van der Waals surface area contributed by atoms with Crippen molar-refractivity contribution in [3.8, 4) is 0 Å². The summed E-state index contributed by atoms with van der Waals surface area (Å²) in [5.74, 6) is 1.67. The molecule has 2 saturated carbocycles. The number of aromatic nitrogens is 1. The van der Waals surface area contributed by atoms with Gasteiger partial charge in [-0.25, -0.2) is 4.99 Å². The van der Waals surface area contributed by atoms with Crippen molar-refractivity contribution < 1.29 is 9.26 Å². The second-order valence-corrected chi connectivity index (χ2v) is 6.80. The van der Waals surface area contributed by atoms with E-state index in [0.717, 1.165) is 43.4 Å². The van der Waals surface area contributed by atoms with Crippen molar-refractivity contribution in [2.45, 2.75) is 71.6 Å². The van der Waals surface area contributed by atoms with Gasteiger partial charge in [0.25, 0.3) is 0 Å². The zero-order valence-corrected chi connectivity index (χ0v) is 15.1. The zero-order valence-electron chi connectivity index (χ0n) is 15.1. The van der Waals surface area contributed by atoms with E-state index < -0.39 is 0 Å². The van der Waals surface area contributed by atoms with Crippen LogP contribution in [0.4, 0.5) is 0 Å². The molecular formula is C18H30N4O2. The van der Waals surface area contributed by atoms with Crippen molar-refractivity contribution in [3.05, 3.63) is 17.5 Å². The molecule has 2 unspecified atom stereocenters. The molecule has 2 N–H and O–H groups in total. The third-order valence-electron chi connectivity index (χ3n) is 5.46. The largest absolute Gasteiger partial charge is 0.378 e. The average molecular weight is 334 g/mol. The SMILES string of the molecule is CCNC(=NCc1cc(CC)no1)NC1CC(OCC)C12CCC2. The maximum Gasteiger partial charge on any atom is 0.191 e. The van der Waals surface area contributed by atoms with Gasteiger partial charge in [-0.05, 0) is 39.5 Å². The Morgan fingerprint density at radius 3 is 2.83 bits per heavy atom. The standard InChI is InChI=1S/C18H30N4O2/c1-4-13-10-14(24-22-13)12-20-17(19-5-2)21-15-11-16(23-6-3)18(15)8-7-9-18/h10,15-16H,4-9,11-12H2,1-3H3,(H2,19,20,21). The van der Waals surface area contributed by atoms with Gasteiger partial charge in [0.05, 0.1) is 11.8 Å². The summed E-state index contributed by atoms with van der Waals surface area (Å²) in [5, 5.41) is 11.0. The number of ether oxygens (including phenoxy) is 1. The van der Waals surface area contributed by atoms with Crippen LogP contribution in [0.3, 0.4) is 0 Å². The molecule has 2 aliphatic carbocycles. The minimum atomic E-state index is 0.327. The summed E-state index contributed by atoms with van der Waals surface area (Å²) in [7, 11) is 0. The van der Waals surface area contributed by atoms with E-state index in [1.807, 2.05) is 6.07 Å². The van der Waals surface area contributed by atoms with E-state index in [1.165, 1.54) is 19.3 Å². The summed E-state index contributed by atoms with van der Waals surface area (Å²) in [6, 6.07) is 2.44. The molecule has 0 saturated heterocycles. The van der Waals surface area contributed by atoms with Crippen LogP contribution in [0.15, 0.2) is 15.6 Å². The molecule has 0 bridgehead atoms. The highest BCUT2D eigenvalue weighted by molar-refractivity contribution is 5.80. The van der Waals surface area contributed by atoms with Crippen LogP contribution in [-0.2, 0) is 17.7 Å². The van der Waals surface area contributed by atoms with Crippen LogP contribution >= 0.6 is 0 Å². The lowest BCUT2D eigenvalue weighted by Gasteiger charge is -2.61. The normalized spacial score (nSPS) is 25.2. The zero-order chi connectivity index (χ0) is 17.0. The van der Waals surface area contributed by atoms with Crippen molar-refractivity contribution in [2.75, 3.05) is 13.2 Å². The highest BCUT2D eigenvalue weighted by atomic mass is 16.5. The lowest BCUT2D eigenvalue weighted by molar-refractivity contribution is -0.168. The first-order valence-electron chi connectivity index (χ1n) is 9.32.